The van der Waals surface area contributed by atoms with Gasteiger partial charge in [-0.05, 0) is 26.0 Å². The molecule has 0 fully saturated rings. The second-order valence-corrected chi connectivity index (χ2v) is 7.85. The molecule has 0 amide bonds. The van der Waals surface area contributed by atoms with Crippen molar-refractivity contribution in [2.24, 2.45) is 7.05 Å². The van der Waals surface area contributed by atoms with Gasteiger partial charge in [-0.15, -0.1) is 10.2 Å². The summed E-state index contributed by atoms with van der Waals surface area (Å²) in [6.07, 6.45) is 0. The SMILES string of the molecule is COc1ccc(OC)c(NS(=O)(=O)c2c(-c3nnc(C)o3)c(C)n(C)c2C)c1. The molecule has 3 rings (SSSR count). The van der Waals surface area contributed by atoms with Gasteiger partial charge in [-0.1, -0.05) is 0 Å². The van der Waals surface area contributed by atoms with E-state index in [2.05, 4.69) is 14.9 Å². The van der Waals surface area contributed by atoms with Crippen LogP contribution in [0.4, 0.5) is 5.69 Å². The summed E-state index contributed by atoms with van der Waals surface area (Å²) in [5.74, 6) is 1.36. The second kappa shape index (κ2) is 7.19. The van der Waals surface area contributed by atoms with Gasteiger partial charge in [-0.2, -0.15) is 0 Å². The highest BCUT2D eigenvalue weighted by atomic mass is 32.2. The highest BCUT2D eigenvalue weighted by Crippen LogP contribution is 2.37. The van der Waals surface area contributed by atoms with Crippen molar-refractivity contribution in [3.8, 4) is 23.0 Å². The Labute approximate surface area is 163 Å². The fraction of sp³-hybridized carbons (Fsp3) is 0.333. The highest BCUT2D eigenvalue weighted by Gasteiger charge is 2.31. The van der Waals surface area contributed by atoms with Crippen molar-refractivity contribution < 1.29 is 22.3 Å². The lowest BCUT2D eigenvalue weighted by atomic mass is 10.2. The number of sulfonamides is 1. The molecule has 9 nitrogen and oxygen atoms in total. The van der Waals surface area contributed by atoms with Crippen LogP contribution >= 0.6 is 0 Å². The number of hydrogen-bond donors (Lipinski definition) is 1. The average Bonchev–Trinajstić information content (AvgIpc) is 3.18. The third kappa shape index (κ3) is 3.31. The molecule has 0 aliphatic heterocycles. The minimum absolute atomic E-state index is 0.0704. The van der Waals surface area contributed by atoms with Crippen molar-refractivity contribution in [3.63, 3.8) is 0 Å². The van der Waals surface area contributed by atoms with Gasteiger partial charge in [0.15, 0.2) is 0 Å². The molecule has 10 heteroatoms. The number of nitrogens with one attached hydrogen (secondary N) is 1. The summed E-state index contributed by atoms with van der Waals surface area (Å²) in [5, 5.41) is 7.83. The van der Waals surface area contributed by atoms with Crippen LogP contribution in [0.15, 0.2) is 27.5 Å². The van der Waals surface area contributed by atoms with E-state index in [1.54, 1.807) is 50.6 Å². The van der Waals surface area contributed by atoms with E-state index in [1.165, 1.54) is 14.2 Å². The first-order valence-corrected chi connectivity index (χ1v) is 9.89. The number of benzene rings is 1. The molecule has 0 atom stereocenters. The van der Waals surface area contributed by atoms with Crippen molar-refractivity contribution in [1.29, 1.82) is 0 Å². The van der Waals surface area contributed by atoms with E-state index in [0.717, 1.165) is 0 Å². The number of rotatable bonds is 6. The average molecular weight is 406 g/mol. The van der Waals surface area contributed by atoms with E-state index >= 15 is 0 Å². The minimum atomic E-state index is -4.01. The number of nitrogens with zero attached hydrogens (tertiary/aromatic N) is 3. The fourth-order valence-corrected chi connectivity index (χ4v) is 4.57. The van der Waals surface area contributed by atoms with Crippen LogP contribution in [0.3, 0.4) is 0 Å². The van der Waals surface area contributed by atoms with Crippen LogP contribution in [0.2, 0.25) is 0 Å². The smallest absolute Gasteiger partial charge is 0.264 e. The van der Waals surface area contributed by atoms with Gasteiger partial charge in [0.2, 0.25) is 5.89 Å². The molecule has 2 aromatic heterocycles. The molecular weight excluding hydrogens is 384 g/mol. The van der Waals surface area contributed by atoms with Crippen molar-refractivity contribution in [2.75, 3.05) is 18.9 Å². The van der Waals surface area contributed by atoms with Crippen molar-refractivity contribution >= 4 is 15.7 Å². The number of hydrogen-bond acceptors (Lipinski definition) is 7. The standard InChI is InChI=1S/C18H22N4O5S/c1-10-16(18-20-19-12(3)27-18)17(11(2)22(10)4)28(23,24)21-14-9-13(25-5)7-8-15(14)26-6/h7-9,21H,1-6H3. The van der Waals surface area contributed by atoms with Crippen LogP contribution < -0.4 is 14.2 Å². The van der Waals surface area contributed by atoms with Gasteiger partial charge in [-0.3, -0.25) is 4.72 Å². The normalized spacial score (nSPS) is 11.5. The second-order valence-electron chi connectivity index (χ2n) is 6.23. The Balaban J connectivity index is 2.17. The summed E-state index contributed by atoms with van der Waals surface area (Å²) < 4.78 is 47.0. The summed E-state index contributed by atoms with van der Waals surface area (Å²) >= 11 is 0. The molecule has 1 aromatic carbocycles. The first-order valence-electron chi connectivity index (χ1n) is 8.40. The minimum Gasteiger partial charge on any atom is -0.497 e. The molecule has 0 aliphatic carbocycles. The maximum absolute atomic E-state index is 13.3. The van der Waals surface area contributed by atoms with Gasteiger partial charge < -0.3 is 18.5 Å². The molecule has 0 radical (unpaired) electrons. The van der Waals surface area contributed by atoms with Gasteiger partial charge in [0, 0.05) is 31.4 Å². The Hall–Kier alpha value is -3.01. The largest absolute Gasteiger partial charge is 0.497 e. The monoisotopic (exact) mass is 406 g/mol. The predicted molar refractivity (Wildman–Crippen MR) is 103 cm³/mol. The molecule has 150 valence electrons. The number of aromatic nitrogens is 3. The molecule has 28 heavy (non-hydrogen) atoms. The molecule has 0 bridgehead atoms. The molecule has 0 saturated carbocycles. The van der Waals surface area contributed by atoms with Gasteiger partial charge in [0.05, 0.1) is 25.5 Å². The Morgan fingerprint density at radius 2 is 1.79 bits per heavy atom. The van der Waals surface area contributed by atoms with Crippen LogP contribution in [0.25, 0.3) is 11.5 Å². The number of ether oxygens (including phenoxy) is 2. The zero-order chi connectivity index (χ0) is 20.6. The summed E-state index contributed by atoms with van der Waals surface area (Å²) in [6.45, 7) is 5.17. The molecule has 0 aliphatic rings. The lowest BCUT2D eigenvalue weighted by Crippen LogP contribution is -2.15. The fourth-order valence-electron chi connectivity index (χ4n) is 2.98. The molecule has 0 spiro atoms. The van der Waals surface area contributed by atoms with Crippen LogP contribution in [0, 0.1) is 20.8 Å². The van der Waals surface area contributed by atoms with E-state index in [0.29, 0.717) is 34.3 Å². The quantitative estimate of drug-likeness (QED) is 0.670. The highest BCUT2D eigenvalue weighted by molar-refractivity contribution is 7.93. The van der Waals surface area contributed by atoms with Gasteiger partial charge in [0.25, 0.3) is 15.9 Å². The van der Waals surface area contributed by atoms with Crippen LogP contribution in [-0.4, -0.2) is 37.4 Å². The molecule has 0 unspecified atom stereocenters. The maximum Gasteiger partial charge on any atom is 0.264 e. The van der Waals surface area contributed by atoms with E-state index in [1.807, 2.05) is 0 Å². The third-order valence-corrected chi connectivity index (χ3v) is 6.11. The lowest BCUT2D eigenvalue weighted by Gasteiger charge is -2.14. The third-order valence-electron chi connectivity index (χ3n) is 4.58. The molecule has 3 aromatic rings. The number of aryl methyl sites for hydroxylation is 1. The van der Waals surface area contributed by atoms with Crippen molar-refractivity contribution in [2.45, 2.75) is 25.7 Å². The summed E-state index contributed by atoms with van der Waals surface area (Å²) in [4.78, 5) is 0.0704. The number of anilines is 1. The Bertz CT molecular complexity index is 1130. The summed E-state index contributed by atoms with van der Waals surface area (Å²) in [5.41, 5.74) is 1.86. The topological polar surface area (TPSA) is 108 Å². The first-order chi connectivity index (χ1) is 13.2. The summed E-state index contributed by atoms with van der Waals surface area (Å²) in [7, 11) is 0.737. The van der Waals surface area contributed by atoms with E-state index in [9.17, 15) is 8.42 Å². The lowest BCUT2D eigenvalue weighted by molar-refractivity contribution is 0.405. The predicted octanol–water partition coefficient (Wildman–Crippen LogP) is 2.82. The van der Waals surface area contributed by atoms with Crippen molar-refractivity contribution in [3.05, 3.63) is 35.5 Å². The molecule has 2 heterocycles. The van der Waals surface area contributed by atoms with E-state index in [-0.39, 0.29) is 16.5 Å². The molecule has 1 N–H and O–H groups in total. The molecule has 0 saturated heterocycles. The summed E-state index contributed by atoms with van der Waals surface area (Å²) in [6, 6.07) is 4.86. The van der Waals surface area contributed by atoms with E-state index < -0.39 is 10.0 Å². The molecular formula is C18H22N4O5S. The van der Waals surface area contributed by atoms with Gasteiger partial charge >= 0.3 is 0 Å². The Kier molecular flexibility index (Phi) is 5.07. The first kappa shape index (κ1) is 19.7. The van der Waals surface area contributed by atoms with Crippen molar-refractivity contribution in [1.82, 2.24) is 14.8 Å². The van der Waals surface area contributed by atoms with Gasteiger partial charge in [0.1, 0.15) is 16.4 Å². The van der Waals surface area contributed by atoms with Gasteiger partial charge in [-0.25, -0.2) is 8.42 Å². The Morgan fingerprint density at radius 3 is 2.36 bits per heavy atom. The van der Waals surface area contributed by atoms with Crippen LogP contribution in [-0.2, 0) is 17.1 Å². The zero-order valence-electron chi connectivity index (χ0n) is 16.5. The van der Waals surface area contributed by atoms with Crippen LogP contribution in [0.1, 0.15) is 17.3 Å². The maximum atomic E-state index is 13.3. The number of methoxy groups -OCH3 is 2. The zero-order valence-corrected chi connectivity index (χ0v) is 17.3. The van der Waals surface area contributed by atoms with E-state index in [4.69, 9.17) is 13.9 Å². The van der Waals surface area contributed by atoms with Crippen LogP contribution in [0.5, 0.6) is 11.5 Å². The Morgan fingerprint density at radius 1 is 1.07 bits per heavy atom.